The van der Waals surface area contributed by atoms with Crippen molar-refractivity contribution in [2.24, 2.45) is 11.8 Å². The molecule has 0 unspecified atom stereocenters. The van der Waals surface area contributed by atoms with Crippen molar-refractivity contribution in [3.63, 3.8) is 0 Å². The molecule has 2 aromatic rings. The van der Waals surface area contributed by atoms with E-state index in [1.54, 1.807) is 11.8 Å². The molecule has 12 heteroatoms. The van der Waals surface area contributed by atoms with Gasteiger partial charge in [0.05, 0.1) is 23.6 Å². The number of nitrogens with zero attached hydrogens (tertiary/aromatic N) is 2. The third kappa shape index (κ3) is 5.71. The first-order valence-electron chi connectivity index (χ1n) is 12.7. The van der Waals surface area contributed by atoms with Crippen LogP contribution in [-0.4, -0.2) is 68.8 Å². The van der Waals surface area contributed by atoms with Gasteiger partial charge in [0.1, 0.15) is 5.00 Å². The van der Waals surface area contributed by atoms with Gasteiger partial charge in [0.2, 0.25) is 10.0 Å². The van der Waals surface area contributed by atoms with Crippen LogP contribution in [0.25, 0.3) is 0 Å². The monoisotopic (exact) mass is 562 g/mol. The summed E-state index contributed by atoms with van der Waals surface area (Å²) in [5.41, 5.74) is 1.46. The largest absolute Gasteiger partial charge is 0.450 e. The highest BCUT2D eigenvalue weighted by Crippen LogP contribution is 2.37. The number of thiophene rings is 1. The Hall–Kier alpha value is -2.96. The zero-order valence-corrected chi connectivity index (χ0v) is 23.7. The Kier molecular flexibility index (Phi) is 8.43. The van der Waals surface area contributed by atoms with Crippen molar-refractivity contribution in [3.8, 4) is 0 Å². The summed E-state index contributed by atoms with van der Waals surface area (Å²) in [6, 6.07) is 5.86. The molecule has 0 aliphatic carbocycles. The molecule has 4 rings (SSSR count). The van der Waals surface area contributed by atoms with E-state index >= 15 is 0 Å². The van der Waals surface area contributed by atoms with E-state index in [9.17, 15) is 22.8 Å². The molecule has 10 nitrogen and oxygen atoms in total. The third-order valence-corrected chi connectivity index (χ3v) is 9.83. The van der Waals surface area contributed by atoms with Crippen molar-refractivity contribution in [1.29, 1.82) is 0 Å². The van der Waals surface area contributed by atoms with E-state index < -0.39 is 22.0 Å². The molecule has 1 fully saturated rings. The minimum atomic E-state index is -3.66. The fourth-order valence-electron chi connectivity index (χ4n) is 5.13. The molecule has 1 aromatic heterocycles. The van der Waals surface area contributed by atoms with Crippen LogP contribution in [0.3, 0.4) is 0 Å². The quantitative estimate of drug-likeness (QED) is 0.555. The molecular weight excluding hydrogens is 528 g/mol. The van der Waals surface area contributed by atoms with Gasteiger partial charge in [-0.15, -0.1) is 11.3 Å². The molecule has 0 spiro atoms. The molecule has 2 aliphatic rings. The average molecular weight is 563 g/mol. The predicted octanol–water partition coefficient (Wildman–Crippen LogP) is 3.54. The van der Waals surface area contributed by atoms with Crippen molar-refractivity contribution in [2.75, 3.05) is 38.6 Å². The normalized spacial score (nSPS) is 19.9. The van der Waals surface area contributed by atoms with Gasteiger partial charge in [0.15, 0.2) is 0 Å². The van der Waals surface area contributed by atoms with Crippen LogP contribution in [0.2, 0.25) is 0 Å². The van der Waals surface area contributed by atoms with Crippen molar-refractivity contribution in [3.05, 3.63) is 45.8 Å². The molecule has 3 amide bonds. The molecule has 0 saturated carbocycles. The number of ether oxygens (including phenoxy) is 1. The van der Waals surface area contributed by atoms with Crippen LogP contribution in [0.15, 0.2) is 29.2 Å². The number of carbonyl (C=O) groups excluding carboxylic acids is 3. The Morgan fingerprint density at radius 2 is 1.74 bits per heavy atom. The van der Waals surface area contributed by atoms with Crippen molar-refractivity contribution in [2.45, 2.75) is 45.1 Å². The minimum absolute atomic E-state index is 0.145. The number of anilines is 1. The van der Waals surface area contributed by atoms with Crippen LogP contribution in [0.4, 0.5) is 9.80 Å². The van der Waals surface area contributed by atoms with E-state index in [2.05, 4.69) is 24.5 Å². The van der Waals surface area contributed by atoms with Gasteiger partial charge in [0, 0.05) is 37.1 Å². The number of rotatable bonds is 6. The van der Waals surface area contributed by atoms with Gasteiger partial charge in [-0.3, -0.25) is 9.59 Å². The Morgan fingerprint density at radius 1 is 1.08 bits per heavy atom. The van der Waals surface area contributed by atoms with Gasteiger partial charge in [-0.1, -0.05) is 13.8 Å². The highest BCUT2D eigenvalue weighted by atomic mass is 32.2. The highest BCUT2D eigenvalue weighted by molar-refractivity contribution is 7.89. The second-order valence-electron chi connectivity index (χ2n) is 9.90. The lowest BCUT2D eigenvalue weighted by atomic mass is 9.94. The summed E-state index contributed by atoms with van der Waals surface area (Å²) in [5, 5.41) is 5.84. The summed E-state index contributed by atoms with van der Waals surface area (Å²) in [4.78, 5) is 40.6. The molecule has 1 saturated heterocycles. The number of nitrogens with one attached hydrogen (secondary N) is 2. The van der Waals surface area contributed by atoms with Gasteiger partial charge in [0.25, 0.3) is 11.8 Å². The summed E-state index contributed by atoms with van der Waals surface area (Å²) in [6.07, 6.45) is 1.04. The molecule has 0 bridgehead atoms. The smallest absolute Gasteiger partial charge is 0.410 e. The Bertz CT molecular complexity index is 1310. The van der Waals surface area contributed by atoms with Crippen LogP contribution in [0.5, 0.6) is 0 Å². The maximum Gasteiger partial charge on any atom is 0.410 e. The molecule has 38 heavy (non-hydrogen) atoms. The molecule has 206 valence electrons. The number of carbonyl (C=O) groups is 3. The van der Waals surface area contributed by atoms with E-state index in [4.69, 9.17) is 4.74 Å². The number of sulfonamides is 1. The van der Waals surface area contributed by atoms with Gasteiger partial charge in [-0.2, -0.15) is 4.31 Å². The summed E-state index contributed by atoms with van der Waals surface area (Å²) in [6.45, 7) is 7.77. The van der Waals surface area contributed by atoms with Crippen LogP contribution < -0.4 is 10.6 Å². The summed E-state index contributed by atoms with van der Waals surface area (Å²) < 4.78 is 33.0. The SMILES string of the molecule is CCOC(=O)N1CCc2c(sc(NC(=O)c3ccc(S(=O)(=O)N4C[C@@H](C)C[C@H](C)C4)cc3)c2C(=O)NC)C1. The molecule has 2 N–H and O–H groups in total. The van der Waals surface area contributed by atoms with E-state index in [0.717, 1.165) is 16.9 Å². The van der Waals surface area contributed by atoms with Gasteiger partial charge >= 0.3 is 6.09 Å². The number of hydrogen-bond donors (Lipinski definition) is 2. The number of piperidine rings is 1. The van der Waals surface area contributed by atoms with E-state index in [-0.39, 0.29) is 34.8 Å². The predicted molar refractivity (Wildman–Crippen MR) is 145 cm³/mol. The fraction of sp³-hybridized carbons (Fsp3) is 0.500. The molecular formula is C26H34N4O6S2. The minimum Gasteiger partial charge on any atom is -0.450 e. The maximum atomic E-state index is 13.2. The lowest BCUT2D eigenvalue weighted by Crippen LogP contribution is -2.42. The van der Waals surface area contributed by atoms with Crippen LogP contribution in [-0.2, 0) is 27.7 Å². The molecule has 2 atom stereocenters. The number of hydrogen-bond acceptors (Lipinski definition) is 7. The number of fused-ring (bicyclic) bond motifs is 1. The molecule has 0 radical (unpaired) electrons. The van der Waals surface area contributed by atoms with Crippen LogP contribution in [0.1, 0.15) is 58.3 Å². The first-order valence-corrected chi connectivity index (χ1v) is 15.0. The van der Waals surface area contributed by atoms with Gasteiger partial charge in [-0.05, 0) is 61.4 Å². The maximum absolute atomic E-state index is 13.2. The molecule has 1 aromatic carbocycles. The van der Waals surface area contributed by atoms with Crippen LogP contribution >= 0.6 is 11.3 Å². The first kappa shape index (κ1) is 28.1. The first-order chi connectivity index (χ1) is 18.0. The van der Waals surface area contributed by atoms with Gasteiger partial charge < -0.3 is 20.3 Å². The standard InChI is InChI=1S/C26H34N4O6S2/c1-5-36-26(33)29-11-10-20-21(15-29)37-25(22(20)24(32)27-4)28-23(31)18-6-8-19(9-7-18)38(34,35)30-13-16(2)12-17(3)14-30/h6-9,16-17H,5,10-15H2,1-4H3,(H,27,32)(H,28,31)/t16-,17-/m0/s1. The second-order valence-corrected chi connectivity index (χ2v) is 12.9. The Labute approximate surface area is 227 Å². The summed E-state index contributed by atoms with van der Waals surface area (Å²) in [7, 11) is -2.14. The van der Waals surface area contributed by atoms with Crippen molar-refractivity contribution < 1.29 is 27.5 Å². The number of amides is 3. The number of benzene rings is 1. The van der Waals surface area contributed by atoms with E-state index in [0.29, 0.717) is 43.2 Å². The Morgan fingerprint density at radius 3 is 2.34 bits per heavy atom. The Balaban J connectivity index is 1.54. The van der Waals surface area contributed by atoms with Crippen molar-refractivity contribution in [1.82, 2.24) is 14.5 Å². The average Bonchev–Trinajstić information content (AvgIpc) is 3.24. The van der Waals surface area contributed by atoms with Crippen LogP contribution in [0, 0.1) is 11.8 Å². The third-order valence-electron chi connectivity index (χ3n) is 6.85. The summed E-state index contributed by atoms with van der Waals surface area (Å²) >= 11 is 1.25. The molecule has 3 heterocycles. The molecule has 2 aliphatic heterocycles. The lowest BCUT2D eigenvalue weighted by Gasteiger charge is -2.34. The highest BCUT2D eigenvalue weighted by Gasteiger charge is 2.33. The second kappa shape index (κ2) is 11.4. The zero-order chi connectivity index (χ0) is 27.6. The fourth-order valence-corrected chi connectivity index (χ4v) is 8.07. The van der Waals surface area contributed by atoms with E-state index in [1.807, 2.05) is 0 Å². The van der Waals surface area contributed by atoms with Crippen molar-refractivity contribution >= 4 is 44.3 Å². The van der Waals surface area contributed by atoms with Gasteiger partial charge in [-0.25, -0.2) is 13.2 Å². The summed E-state index contributed by atoms with van der Waals surface area (Å²) in [5.74, 6) is -0.211. The topological polar surface area (TPSA) is 125 Å². The zero-order valence-electron chi connectivity index (χ0n) is 22.1. The van der Waals surface area contributed by atoms with E-state index in [1.165, 1.54) is 47.0 Å². The lowest BCUT2D eigenvalue weighted by molar-refractivity contribution is 0.0961.